The molecule has 0 spiro atoms. The van der Waals surface area contributed by atoms with Crippen molar-refractivity contribution in [1.29, 1.82) is 0 Å². The molecule has 1 aliphatic carbocycles. The Morgan fingerprint density at radius 1 is 1.39 bits per heavy atom. The van der Waals surface area contributed by atoms with Crippen LogP contribution < -0.4 is 5.32 Å². The Morgan fingerprint density at radius 3 is 2.96 bits per heavy atom. The number of aliphatic hydroxyl groups is 1. The van der Waals surface area contributed by atoms with Crippen LogP contribution in [-0.4, -0.2) is 43.2 Å². The minimum atomic E-state index is -0.569. The number of carbonyl (C=O) groups excluding carboxylic acids is 1. The van der Waals surface area contributed by atoms with Crippen molar-refractivity contribution in [1.82, 2.24) is 5.32 Å². The van der Waals surface area contributed by atoms with Crippen LogP contribution in [0.4, 0.5) is 4.79 Å². The average molecular weight is 389 g/mol. The normalized spacial score (nSPS) is 15.3. The molecule has 1 aromatic rings. The Morgan fingerprint density at radius 2 is 2.21 bits per heavy atom. The standard InChI is InChI=1S/C22H31NO5/c1-2-15-27-22(25)23-18(17-24)11-12-21-14-13-20(28-21)10-6-7-16-26-19-8-4-3-5-9-19/h2,13-14,18-19,24H,1,3-5,7-9,11-12,15-17H2,(H,23,25)/t18-/m1/s1. The Labute approximate surface area is 167 Å². The zero-order valence-electron chi connectivity index (χ0n) is 16.5. The van der Waals surface area contributed by atoms with Crippen LogP contribution in [0.25, 0.3) is 0 Å². The topological polar surface area (TPSA) is 80.9 Å². The molecule has 1 aliphatic rings. The monoisotopic (exact) mass is 389 g/mol. The van der Waals surface area contributed by atoms with E-state index in [9.17, 15) is 9.90 Å². The zero-order chi connectivity index (χ0) is 20.0. The fraction of sp³-hybridized carbons (Fsp3) is 0.591. The number of carbonyl (C=O) groups is 1. The van der Waals surface area contributed by atoms with Gasteiger partial charge < -0.3 is 24.3 Å². The molecule has 1 saturated carbocycles. The third-order valence-corrected chi connectivity index (χ3v) is 4.62. The van der Waals surface area contributed by atoms with Gasteiger partial charge in [-0.05, 0) is 37.3 Å². The molecule has 6 nitrogen and oxygen atoms in total. The molecule has 6 heteroatoms. The van der Waals surface area contributed by atoms with E-state index < -0.39 is 12.1 Å². The molecule has 0 radical (unpaired) electrons. The van der Waals surface area contributed by atoms with Crippen molar-refractivity contribution in [2.45, 2.75) is 63.5 Å². The highest BCUT2D eigenvalue weighted by Gasteiger charge is 2.14. The Bertz CT molecular complexity index is 651. The van der Waals surface area contributed by atoms with Crippen LogP contribution in [-0.2, 0) is 15.9 Å². The SMILES string of the molecule is C=CCOC(=O)N[C@@H](CO)CCc1ccc(C#CCCOC2CCCCC2)o1. The highest BCUT2D eigenvalue weighted by atomic mass is 16.5. The van der Waals surface area contributed by atoms with E-state index in [2.05, 4.69) is 23.7 Å². The second kappa shape index (κ2) is 13.0. The van der Waals surface area contributed by atoms with Crippen LogP contribution in [0.2, 0.25) is 0 Å². The lowest BCUT2D eigenvalue weighted by Crippen LogP contribution is -2.38. The molecule has 2 rings (SSSR count). The third-order valence-electron chi connectivity index (χ3n) is 4.62. The summed E-state index contributed by atoms with van der Waals surface area (Å²) in [5, 5.41) is 12.0. The molecule has 1 aromatic heterocycles. The van der Waals surface area contributed by atoms with Gasteiger partial charge in [-0.15, -0.1) is 0 Å². The minimum absolute atomic E-state index is 0.135. The number of aryl methyl sites for hydroxylation is 1. The number of rotatable bonds is 10. The van der Waals surface area contributed by atoms with Gasteiger partial charge in [0.1, 0.15) is 12.4 Å². The summed E-state index contributed by atoms with van der Waals surface area (Å²) < 4.78 is 16.4. The number of hydrogen-bond acceptors (Lipinski definition) is 5. The fourth-order valence-corrected chi connectivity index (χ4v) is 3.11. The largest absolute Gasteiger partial charge is 0.453 e. The predicted octanol–water partition coefficient (Wildman–Crippen LogP) is 3.58. The van der Waals surface area contributed by atoms with Gasteiger partial charge in [0.05, 0.1) is 25.4 Å². The maximum absolute atomic E-state index is 11.5. The first-order chi connectivity index (χ1) is 13.7. The summed E-state index contributed by atoms with van der Waals surface area (Å²) in [4.78, 5) is 11.5. The lowest BCUT2D eigenvalue weighted by Gasteiger charge is -2.21. The number of nitrogens with one attached hydrogen (secondary N) is 1. The summed E-state index contributed by atoms with van der Waals surface area (Å²) in [5.74, 6) is 7.48. The third kappa shape index (κ3) is 8.64. The summed E-state index contributed by atoms with van der Waals surface area (Å²) in [6, 6.07) is 3.31. The van der Waals surface area contributed by atoms with Gasteiger partial charge in [-0.3, -0.25) is 0 Å². The first kappa shape index (κ1) is 22.1. The first-order valence-corrected chi connectivity index (χ1v) is 10.1. The van der Waals surface area contributed by atoms with E-state index in [0.29, 0.717) is 37.7 Å². The van der Waals surface area contributed by atoms with Gasteiger partial charge in [0.25, 0.3) is 0 Å². The van der Waals surface area contributed by atoms with E-state index in [1.165, 1.54) is 38.2 Å². The molecular formula is C22H31NO5. The lowest BCUT2D eigenvalue weighted by molar-refractivity contribution is 0.0320. The maximum Gasteiger partial charge on any atom is 0.407 e. The smallest absolute Gasteiger partial charge is 0.407 e. The van der Waals surface area contributed by atoms with Crippen LogP contribution >= 0.6 is 0 Å². The second-order valence-corrected chi connectivity index (χ2v) is 6.90. The molecule has 1 heterocycles. The molecule has 0 bridgehead atoms. The quantitative estimate of drug-likeness (QED) is 0.363. The molecule has 28 heavy (non-hydrogen) atoms. The number of amides is 1. The Hall–Kier alpha value is -2.23. The van der Waals surface area contributed by atoms with Crippen molar-refractivity contribution < 1.29 is 23.8 Å². The Balaban J connectivity index is 1.67. The highest BCUT2D eigenvalue weighted by molar-refractivity contribution is 5.67. The van der Waals surface area contributed by atoms with Gasteiger partial charge in [-0.2, -0.15) is 0 Å². The molecule has 2 N–H and O–H groups in total. The Kier molecular flexibility index (Phi) is 10.3. The highest BCUT2D eigenvalue weighted by Crippen LogP contribution is 2.20. The van der Waals surface area contributed by atoms with Crippen molar-refractivity contribution >= 4 is 6.09 Å². The number of furan rings is 1. The molecule has 1 amide bonds. The van der Waals surface area contributed by atoms with Crippen LogP contribution in [0.3, 0.4) is 0 Å². The van der Waals surface area contributed by atoms with Crippen LogP contribution in [0.1, 0.15) is 56.5 Å². The summed E-state index contributed by atoms with van der Waals surface area (Å²) in [6.07, 6.45) is 9.35. The lowest BCUT2D eigenvalue weighted by atomic mass is 9.98. The van der Waals surface area contributed by atoms with Gasteiger partial charge in [0.15, 0.2) is 5.76 Å². The second-order valence-electron chi connectivity index (χ2n) is 6.90. The van der Waals surface area contributed by atoms with E-state index in [4.69, 9.17) is 13.9 Å². The van der Waals surface area contributed by atoms with Gasteiger partial charge in [-0.25, -0.2) is 4.79 Å². The van der Waals surface area contributed by atoms with E-state index in [-0.39, 0.29) is 13.2 Å². The van der Waals surface area contributed by atoms with Gasteiger partial charge in [-0.1, -0.05) is 37.8 Å². The van der Waals surface area contributed by atoms with E-state index in [1.807, 2.05) is 12.1 Å². The predicted molar refractivity (Wildman–Crippen MR) is 107 cm³/mol. The van der Waals surface area contributed by atoms with Gasteiger partial charge in [0.2, 0.25) is 0 Å². The molecule has 1 atom stereocenters. The van der Waals surface area contributed by atoms with E-state index in [0.717, 1.165) is 5.76 Å². The van der Waals surface area contributed by atoms with Crippen LogP contribution in [0.15, 0.2) is 29.2 Å². The summed E-state index contributed by atoms with van der Waals surface area (Å²) >= 11 is 0. The van der Waals surface area contributed by atoms with Gasteiger partial charge >= 0.3 is 6.09 Å². The average Bonchev–Trinajstić information content (AvgIpc) is 3.17. The van der Waals surface area contributed by atoms with Gasteiger partial charge in [0, 0.05) is 12.8 Å². The number of aliphatic hydroxyl groups excluding tert-OH is 1. The summed E-state index contributed by atoms with van der Waals surface area (Å²) in [7, 11) is 0. The molecule has 0 aliphatic heterocycles. The van der Waals surface area contributed by atoms with Crippen molar-refractivity contribution in [3.05, 3.63) is 36.3 Å². The van der Waals surface area contributed by atoms with Crippen molar-refractivity contribution in [3.63, 3.8) is 0 Å². The van der Waals surface area contributed by atoms with E-state index in [1.54, 1.807) is 0 Å². The molecule has 1 fully saturated rings. The van der Waals surface area contributed by atoms with E-state index >= 15 is 0 Å². The number of ether oxygens (including phenoxy) is 2. The fourth-order valence-electron chi connectivity index (χ4n) is 3.11. The molecular weight excluding hydrogens is 358 g/mol. The molecule has 154 valence electrons. The maximum atomic E-state index is 11.5. The van der Waals surface area contributed by atoms with Crippen molar-refractivity contribution in [2.24, 2.45) is 0 Å². The summed E-state index contributed by atoms with van der Waals surface area (Å²) in [5.41, 5.74) is 0. The zero-order valence-corrected chi connectivity index (χ0v) is 16.5. The van der Waals surface area contributed by atoms with Crippen molar-refractivity contribution in [2.75, 3.05) is 19.8 Å². The van der Waals surface area contributed by atoms with Crippen molar-refractivity contribution in [3.8, 4) is 11.8 Å². The molecule has 0 aromatic carbocycles. The van der Waals surface area contributed by atoms with Crippen LogP contribution in [0, 0.1) is 11.8 Å². The number of hydrogen-bond donors (Lipinski definition) is 2. The van der Waals surface area contributed by atoms with Crippen LogP contribution in [0.5, 0.6) is 0 Å². The number of alkyl carbamates (subject to hydrolysis) is 1. The molecule has 0 saturated heterocycles. The first-order valence-electron chi connectivity index (χ1n) is 10.1. The minimum Gasteiger partial charge on any atom is -0.453 e. The summed E-state index contributed by atoms with van der Waals surface area (Å²) in [6.45, 7) is 4.11. The molecule has 0 unspecified atom stereocenters.